The molecule has 0 aromatic heterocycles. The van der Waals surface area contributed by atoms with E-state index >= 15 is 0 Å². The Kier molecular flexibility index (Phi) is 5.61. The molecule has 2 unspecified atom stereocenters. The van der Waals surface area contributed by atoms with E-state index in [2.05, 4.69) is 5.43 Å². The quantitative estimate of drug-likeness (QED) is 0.624. The molecule has 21 heavy (non-hydrogen) atoms. The molecule has 3 nitrogen and oxygen atoms in total. The fourth-order valence-corrected chi connectivity index (χ4v) is 2.67. The van der Waals surface area contributed by atoms with Gasteiger partial charge in [-0.25, -0.2) is 0 Å². The van der Waals surface area contributed by atoms with Crippen molar-refractivity contribution in [2.45, 2.75) is 50.4 Å². The Labute approximate surface area is 122 Å². The van der Waals surface area contributed by atoms with Crippen molar-refractivity contribution >= 4 is 0 Å². The molecule has 1 aromatic rings. The molecule has 1 aliphatic rings. The molecule has 118 valence electrons. The van der Waals surface area contributed by atoms with Gasteiger partial charge in [0.05, 0.1) is 11.7 Å². The minimum absolute atomic E-state index is 0.131. The van der Waals surface area contributed by atoms with Gasteiger partial charge in [-0.1, -0.05) is 12.1 Å². The zero-order chi connectivity index (χ0) is 15.3. The van der Waals surface area contributed by atoms with E-state index in [4.69, 9.17) is 10.6 Å². The highest BCUT2D eigenvalue weighted by Crippen LogP contribution is 2.30. The Balaban J connectivity index is 1.87. The highest BCUT2D eigenvalue weighted by atomic mass is 19.4. The van der Waals surface area contributed by atoms with Gasteiger partial charge in [0.25, 0.3) is 0 Å². The summed E-state index contributed by atoms with van der Waals surface area (Å²) in [6, 6.07) is 5.03. The third kappa shape index (κ3) is 4.69. The van der Waals surface area contributed by atoms with Gasteiger partial charge in [0.2, 0.25) is 0 Å². The van der Waals surface area contributed by atoms with Gasteiger partial charge in [0.15, 0.2) is 0 Å². The lowest BCUT2D eigenvalue weighted by atomic mass is 9.98. The lowest BCUT2D eigenvalue weighted by Gasteiger charge is -2.18. The van der Waals surface area contributed by atoms with Crippen molar-refractivity contribution < 1.29 is 17.9 Å². The Morgan fingerprint density at radius 2 is 2.00 bits per heavy atom. The normalized spacial score (nSPS) is 20.7. The van der Waals surface area contributed by atoms with Crippen LogP contribution in [0.3, 0.4) is 0 Å². The van der Waals surface area contributed by atoms with Crippen molar-refractivity contribution in [3.63, 3.8) is 0 Å². The molecule has 0 radical (unpaired) electrons. The first-order valence-corrected chi connectivity index (χ1v) is 7.25. The SMILES string of the molecule is NNC(CCCC1CCCO1)c1ccc(C(F)(F)F)cc1. The van der Waals surface area contributed by atoms with E-state index in [0.717, 1.165) is 56.4 Å². The smallest absolute Gasteiger partial charge is 0.378 e. The zero-order valence-corrected chi connectivity index (χ0v) is 11.8. The van der Waals surface area contributed by atoms with Gasteiger partial charge in [-0.05, 0) is 49.8 Å². The first-order chi connectivity index (χ1) is 10.0. The van der Waals surface area contributed by atoms with Crippen LogP contribution in [0.4, 0.5) is 13.2 Å². The van der Waals surface area contributed by atoms with Crippen LogP contribution in [-0.4, -0.2) is 12.7 Å². The molecular weight excluding hydrogens is 281 g/mol. The second-order valence-corrected chi connectivity index (χ2v) is 5.40. The molecule has 0 aliphatic carbocycles. The molecule has 0 spiro atoms. The van der Waals surface area contributed by atoms with Crippen molar-refractivity contribution in [3.05, 3.63) is 35.4 Å². The van der Waals surface area contributed by atoms with E-state index in [9.17, 15) is 13.2 Å². The first-order valence-electron chi connectivity index (χ1n) is 7.25. The number of halogens is 3. The Hall–Kier alpha value is -1.11. The van der Waals surface area contributed by atoms with Gasteiger partial charge < -0.3 is 4.74 Å². The second kappa shape index (κ2) is 7.24. The lowest BCUT2D eigenvalue weighted by molar-refractivity contribution is -0.137. The molecule has 0 saturated carbocycles. The number of hydrogen-bond donors (Lipinski definition) is 2. The van der Waals surface area contributed by atoms with Crippen molar-refractivity contribution in [2.75, 3.05) is 6.61 Å². The van der Waals surface area contributed by atoms with E-state index in [1.54, 1.807) is 0 Å². The minimum atomic E-state index is -4.30. The van der Waals surface area contributed by atoms with Crippen LogP contribution in [0.15, 0.2) is 24.3 Å². The Bertz CT molecular complexity index is 428. The van der Waals surface area contributed by atoms with Gasteiger partial charge in [0.1, 0.15) is 0 Å². The number of hydrogen-bond acceptors (Lipinski definition) is 3. The van der Waals surface area contributed by atoms with Crippen LogP contribution in [-0.2, 0) is 10.9 Å². The standard InChI is InChI=1S/C15H21F3N2O/c16-15(17,18)12-8-6-11(7-9-12)14(20-19)5-1-3-13-4-2-10-21-13/h6-9,13-14,20H,1-5,10,19H2. The second-order valence-electron chi connectivity index (χ2n) is 5.40. The van der Waals surface area contributed by atoms with Gasteiger partial charge >= 0.3 is 6.18 Å². The molecule has 0 bridgehead atoms. The van der Waals surface area contributed by atoms with E-state index in [-0.39, 0.29) is 6.04 Å². The summed E-state index contributed by atoms with van der Waals surface area (Å²) in [6.45, 7) is 0.835. The van der Waals surface area contributed by atoms with Crippen LogP contribution in [0.25, 0.3) is 0 Å². The predicted octanol–water partition coefficient (Wildman–Crippen LogP) is 3.56. The van der Waals surface area contributed by atoms with Crippen LogP contribution < -0.4 is 11.3 Å². The fraction of sp³-hybridized carbons (Fsp3) is 0.600. The van der Waals surface area contributed by atoms with Gasteiger partial charge in [-0.2, -0.15) is 13.2 Å². The average molecular weight is 302 g/mol. The molecular formula is C15H21F3N2O. The monoisotopic (exact) mass is 302 g/mol. The maximum Gasteiger partial charge on any atom is 0.416 e. The summed E-state index contributed by atoms with van der Waals surface area (Å²) in [5, 5.41) is 0. The summed E-state index contributed by atoms with van der Waals surface area (Å²) in [5.41, 5.74) is 2.82. The summed E-state index contributed by atoms with van der Waals surface area (Å²) in [7, 11) is 0. The minimum Gasteiger partial charge on any atom is -0.378 e. The molecule has 1 heterocycles. The topological polar surface area (TPSA) is 47.3 Å². The van der Waals surface area contributed by atoms with E-state index in [1.807, 2.05) is 0 Å². The third-order valence-corrected chi connectivity index (χ3v) is 3.88. The van der Waals surface area contributed by atoms with E-state index in [0.29, 0.717) is 6.10 Å². The fourth-order valence-electron chi connectivity index (χ4n) is 2.67. The van der Waals surface area contributed by atoms with E-state index < -0.39 is 11.7 Å². The maximum absolute atomic E-state index is 12.5. The van der Waals surface area contributed by atoms with Crippen LogP contribution >= 0.6 is 0 Å². The van der Waals surface area contributed by atoms with Gasteiger partial charge in [-0.3, -0.25) is 11.3 Å². The molecule has 0 amide bonds. The first kappa shape index (κ1) is 16.3. The number of ether oxygens (including phenoxy) is 1. The number of rotatable bonds is 6. The third-order valence-electron chi connectivity index (χ3n) is 3.88. The molecule has 1 fully saturated rings. The largest absolute Gasteiger partial charge is 0.416 e. The zero-order valence-electron chi connectivity index (χ0n) is 11.8. The summed E-state index contributed by atoms with van der Waals surface area (Å²) < 4.78 is 43.1. The van der Waals surface area contributed by atoms with Crippen molar-refractivity contribution in [1.82, 2.24) is 5.43 Å². The summed E-state index contributed by atoms with van der Waals surface area (Å²) in [5.74, 6) is 5.52. The number of hydrazine groups is 1. The molecule has 3 N–H and O–H groups in total. The van der Waals surface area contributed by atoms with Crippen LogP contribution in [0.2, 0.25) is 0 Å². The molecule has 1 saturated heterocycles. The Morgan fingerprint density at radius 1 is 1.29 bits per heavy atom. The van der Waals surface area contributed by atoms with Crippen molar-refractivity contribution in [2.24, 2.45) is 5.84 Å². The number of benzene rings is 1. The maximum atomic E-state index is 12.5. The van der Waals surface area contributed by atoms with Gasteiger partial charge in [-0.15, -0.1) is 0 Å². The summed E-state index contributed by atoms with van der Waals surface area (Å²) in [4.78, 5) is 0. The number of nitrogens with one attached hydrogen (secondary N) is 1. The Morgan fingerprint density at radius 3 is 2.52 bits per heavy atom. The van der Waals surface area contributed by atoms with E-state index in [1.165, 1.54) is 12.1 Å². The number of alkyl halides is 3. The summed E-state index contributed by atoms with van der Waals surface area (Å²) >= 11 is 0. The highest BCUT2D eigenvalue weighted by Gasteiger charge is 2.30. The molecule has 2 rings (SSSR count). The van der Waals surface area contributed by atoms with Gasteiger partial charge in [0, 0.05) is 12.6 Å². The molecule has 1 aliphatic heterocycles. The highest BCUT2D eigenvalue weighted by molar-refractivity contribution is 5.26. The molecule has 1 aromatic carbocycles. The van der Waals surface area contributed by atoms with Crippen LogP contribution in [0.1, 0.15) is 49.3 Å². The van der Waals surface area contributed by atoms with Crippen LogP contribution in [0.5, 0.6) is 0 Å². The number of nitrogens with two attached hydrogens (primary N) is 1. The lowest BCUT2D eigenvalue weighted by Crippen LogP contribution is -2.28. The average Bonchev–Trinajstić information content (AvgIpc) is 2.96. The summed E-state index contributed by atoms with van der Waals surface area (Å²) in [6.07, 6.45) is 0.921. The van der Waals surface area contributed by atoms with Crippen LogP contribution in [0, 0.1) is 0 Å². The van der Waals surface area contributed by atoms with Crippen molar-refractivity contribution in [3.8, 4) is 0 Å². The predicted molar refractivity (Wildman–Crippen MR) is 74.3 cm³/mol. The van der Waals surface area contributed by atoms with Crippen molar-refractivity contribution in [1.29, 1.82) is 0 Å². The molecule has 2 atom stereocenters. The molecule has 6 heteroatoms.